The summed E-state index contributed by atoms with van der Waals surface area (Å²) in [6.07, 6.45) is 3.90. The third-order valence-corrected chi connectivity index (χ3v) is 5.02. The Morgan fingerprint density at radius 1 is 1.42 bits per heavy atom. The zero-order valence-electron chi connectivity index (χ0n) is 15.0. The van der Waals surface area contributed by atoms with Crippen molar-refractivity contribution in [3.05, 3.63) is 58.3 Å². The molecular formula is C20H23BrN2O3. The minimum Gasteiger partial charge on any atom is -0.480 e. The third-order valence-electron chi connectivity index (χ3n) is 4.40. The molecule has 26 heavy (non-hydrogen) atoms. The number of pyridine rings is 1. The number of nitrogens with zero attached hydrogens (tertiary/aromatic N) is 2. The Morgan fingerprint density at radius 2 is 2.27 bits per heavy atom. The Bertz CT molecular complexity index is 754. The van der Waals surface area contributed by atoms with Crippen molar-refractivity contribution in [1.29, 1.82) is 0 Å². The van der Waals surface area contributed by atoms with Gasteiger partial charge in [0.25, 0.3) is 5.91 Å². The second-order valence-corrected chi connectivity index (χ2v) is 7.42. The maximum Gasteiger partial charge on any atom is 0.263 e. The Morgan fingerprint density at radius 3 is 3.00 bits per heavy atom. The van der Waals surface area contributed by atoms with Gasteiger partial charge in [0.2, 0.25) is 0 Å². The van der Waals surface area contributed by atoms with Crippen LogP contribution >= 0.6 is 15.9 Å². The molecule has 138 valence electrons. The van der Waals surface area contributed by atoms with Crippen LogP contribution in [0.15, 0.2) is 47.2 Å². The molecule has 0 bridgehead atoms. The molecule has 3 rings (SSSR count). The van der Waals surface area contributed by atoms with Crippen molar-refractivity contribution in [3.63, 3.8) is 0 Å². The van der Waals surface area contributed by atoms with Gasteiger partial charge < -0.3 is 14.4 Å². The lowest BCUT2D eigenvalue weighted by atomic mass is 10.2. The molecule has 5 nitrogen and oxygen atoms in total. The average molecular weight is 419 g/mol. The number of halogens is 1. The molecule has 0 radical (unpaired) electrons. The van der Waals surface area contributed by atoms with E-state index >= 15 is 0 Å². The normalized spacial score (nSPS) is 18.0. The molecule has 1 saturated heterocycles. The predicted octanol–water partition coefficient (Wildman–Crippen LogP) is 3.74. The Kier molecular flexibility index (Phi) is 6.27. The molecule has 1 aliphatic rings. The number of aromatic nitrogens is 1. The van der Waals surface area contributed by atoms with Crippen molar-refractivity contribution >= 4 is 21.8 Å². The lowest BCUT2D eigenvalue weighted by Crippen LogP contribution is -2.39. The van der Waals surface area contributed by atoms with Crippen LogP contribution in [0.5, 0.6) is 5.75 Å². The summed E-state index contributed by atoms with van der Waals surface area (Å²) in [5.41, 5.74) is 2.18. The number of hydrogen-bond acceptors (Lipinski definition) is 4. The lowest BCUT2D eigenvalue weighted by Gasteiger charge is -2.22. The summed E-state index contributed by atoms with van der Waals surface area (Å²) >= 11 is 3.49. The minimum absolute atomic E-state index is 0.00930. The van der Waals surface area contributed by atoms with Crippen LogP contribution in [-0.4, -0.2) is 41.1 Å². The van der Waals surface area contributed by atoms with Crippen molar-refractivity contribution in [1.82, 2.24) is 9.88 Å². The van der Waals surface area contributed by atoms with Gasteiger partial charge in [-0.25, -0.2) is 0 Å². The summed E-state index contributed by atoms with van der Waals surface area (Å²) in [7, 11) is 0. The van der Waals surface area contributed by atoms with E-state index in [-0.39, 0.29) is 12.0 Å². The van der Waals surface area contributed by atoms with Crippen LogP contribution in [0.3, 0.4) is 0 Å². The topological polar surface area (TPSA) is 51.7 Å². The first-order valence-electron chi connectivity index (χ1n) is 8.75. The summed E-state index contributed by atoms with van der Waals surface area (Å²) < 4.78 is 12.6. The van der Waals surface area contributed by atoms with Gasteiger partial charge in [-0.3, -0.25) is 9.78 Å². The predicted molar refractivity (Wildman–Crippen MR) is 103 cm³/mol. The number of amides is 1. The highest BCUT2D eigenvalue weighted by Gasteiger charge is 2.30. The number of rotatable bonds is 6. The molecule has 2 heterocycles. The molecule has 0 saturated carbocycles. The van der Waals surface area contributed by atoms with Gasteiger partial charge in [-0.15, -0.1) is 0 Å². The fraction of sp³-hybridized carbons (Fsp3) is 0.400. The number of aryl methyl sites for hydroxylation is 1. The second kappa shape index (κ2) is 8.64. The van der Waals surface area contributed by atoms with Crippen molar-refractivity contribution in [2.24, 2.45) is 0 Å². The molecule has 0 N–H and O–H groups in total. The van der Waals surface area contributed by atoms with Crippen LogP contribution in [0.2, 0.25) is 0 Å². The van der Waals surface area contributed by atoms with Crippen LogP contribution in [-0.2, 0) is 16.1 Å². The van der Waals surface area contributed by atoms with Gasteiger partial charge in [0.15, 0.2) is 6.10 Å². The van der Waals surface area contributed by atoms with E-state index in [1.807, 2.05) is 42.2 Å². The molecule has 1 aromatic heterocycles. The van der Waals surface area contributed by atoms with Gasteiger partial charge in [0.05, 0.1) is 17.2 Å². The van der Waals surface area contributed by atoms with Crippen LogP contribution in [0.25, 0.3) is 0 Å². The van der Waals surface area contributed by atoms with Crippen molar-refractivity contribution in [3.8, 4) is 5.75 Å². The van der Waals surface area contributed by atoms with Gasteiger partial charge in [-0.1, -0.05) is 12.1 Å². The highest BCUT2D eigenvalue weighted by Crippen LogP contribution is 2.27. The standard InChI is InChI=1S/C20H23BrN2O3/c1-14-5-6-19(18(21)10-14)26-15(2)20(24)23-9-7-17(12-23)25-13-16-4-3-8-22-11-16/h3-6,8,10-11,15,17H,7,9,12-13H2,1-2H3. The van der Waals surface area contributed by atoms with E-state index in [0.717, 1.165) is 22.0 Å². The van der Waals surface area contributed by atoms with Crippen LogP contribution in [0, 0.1) is 6.92 Å². The van der Waals surface area contributed by atoms with Gasteiger partial charge in [-0.05, 0) is 65.5 Å². The first-order chi connectivity index (χ1) is 12.5. The molecule has 1 aromatic carbocycles. The maximum atomic E-state index is 12.7. The van der Waals surface area contributed by atoms with E-state index < -0.39 is 6.10 Å². The van der Waals surface area contributed by atoms with E-state index in [1.165, 1.54) is 0 Å². The minimum atomic E-state index is -0.536. The molecular weight excluding hydrogens is 396 g/mol. The van der Waals surface area contributed by atoms with E-state index in [9.17, 15) is 4.79 Å². The Labute approximate surface area is 162 Å². The summed E-state index contributed by atoms with van der Waals surface area (Å²) in [6.45, 7) is 5.61. The monoisotopic (exact) mass is 418 g/mol. The van der Waals surface area contributed by atoms with E-state index in [0.29, 0.717) is 25.4 Å². The Balaban J connectivity index is 1.50. The molecule has 0 spiro atoms. The second-order valence-electron chi connectivity index (χ2n) is 6.56. The highest BCUT2D eigenvalue weighted by molar-refractivity contribution is 9.10. The average Bonchev–Trinajstić information content (AvgIpc) is 3.11. The molecule has 1 fully saturated rings. The van der Waals surface area contributed by atoms with Crippen LogP contribution < -0.4 is 4.74 Å². The SMILES string of the molecule is Cc1ccc(OC(C)C(=O)N2CCC(OCc3cccnc3)C2)c(Br)c1. The highest BCUT2D eigenvalue weighted by atomic mass is 79.9. The Hall–Kier alpha value is -1.92. The van der Waals surface area contributed by atoms with Gasteiger partial charge in [0.1, 0.15) is 5.75 Å². The fourth-order valence-corrected chi connectivity index (χ4v) is 3.55. The summed E-state index contributed by atoms with van der Waals surface area (Å²) in [4.78, 5) is 18.6. The zero-order valence-corrected chi connectivity index (χ0v) is 16.6. The number of carbonyl (C=O) groups excluding carboxylic acids is 1. The zero-order chi connectivity index (χ0) is 18.5. The summed E-state index contributed by atoms with van der Waals surface area (Å²) in [6, 6.07) is 9.71. The molecule has 2 aromatic rings. The lowest BCUT2D eigenvalue weighted by molar-refractivity contribution is -0.137. The molecule has 6 heteroatoms. The molecule has 2 atom stereocenters. The summed E-state index contributed by atoms with van der Waals surface area (Å²) in [5, 5.41) is 0. The third kappa shape index (κ3) is 4.83. The largest absolute Gasteiger partial charge is 0.480 e. The van der Waals surface area contributed by atoms with Crippen molar-refractivity contribution in [2.45, 2.75) is 39.1 Å². The number of hydrogen-bond donors (Lipinski definition) is 0. The van der Waals surface area contributed by atoms with Crippen molar-refractivity contribution in [2.75, 3.05) is 13.1 Å². The van der Waals surface area contributed by atoms with Gasteiger partial charge in [-0.2, -0.15) is 0 Å². The molecule has 1 amide bonds. The molecule has 1 aliphatic heterocycles. The first-order valence-corrected chi connectivity index (χ1v) is 9.54. The van der Waals surface area contributed by atoms with E-state index in [2.05, 4.69) is 20.9 Å². The van der Waals surface area contributed by atoms with E-state index in [1.54, 1.807) is 19.3 Å². The van der Waals surface area contributed by atoms with Gasteiger partial charge in [0, 0.05) is 25.5 Å². The van der Waals surface area contributed by atoms with Crippen LogP contribution in [0.4, 0.5) is 0 Å². The molecule has 0 aliphatic carbocycles. The first kappa shape index (κ1) is 18.9. The van der Waals surface area contributed by atoms with Crippen LogP contribution in [0.1, 0.15) is 24.5 Å². The number of benzene rings is 1. The van der Waals surface area contributed by atoms with Crippen molar-refractivity contribution < 1.29 is 14.3 Å². The fourth-order valence-electron chi connectivity index (χ4n) is 2.96. The molecule has 2 unspecified atom stereocenters. The smallest absolute Gasteiger partial charge is 0.263 e. The summed E-state index contributed by atoms with van der Waals surface area (Å²) in [5.74, 6) is 0.671. The number of likely N-dealkylation sites (tertiary alicyclic amines) is 1. The maximum absolute atomic E-state index is 12.7. The number of carbonyl (C=O) groups is 1. The quantitative estimate of drug-likeness (QED) is 0.716. The van der Waals surface area contributed by atoms with E-state index in [4.69, 9.17) is 9.47 Å². The van der Waals surface area contributed by atoms with Gasteiger partial charge >= 0.3 is 0 Å². The number of ether oxygens (including phenoxy) is 2.